The topological polar surface area (TPSA) is 36.3 Å². The SMILES string of the molecule is Cc1nn(CCC2OCCCO2)c(C)c1Cl. The van der Waals surface area contributed by atoms with Gasteiger partial charge in [0.1, 0.15) is 0 Å². The first-order valence-electron chi connectivity index (χ1n) is 5.61. The first-order chi connectivity index (χ1) is 7.68. The van der Waals surface area contributed by atoms with Crippen molar-refractivity contribution in [1.82, 2.24) is 9.78 Å². The van der Waals surface area contributed by atoms with Gasteiger partial charge in [-0.1, -0.05) is 11.6 Å². The molecule has 16 heavy (non-hydrogen) atoms. The molecule has 90 valence electrons. The molecule has 0 spiro atoms. The molecule has 1 fully saturated rings. The fraction of sp³-hybridized carbons (Fsp3) is 0.727. The molecule has 0 atom stereocenters. The van der Waals surface area contributed by atoms with Gasteiger partial charge in [-0.25, -0.2) is 0 Å². The smallest absolute Gasteiger partial charge is 0.159 e. The molecule has 1 aromatic heterocycles. The largest absolute Gasteiger partial charge is 0.353 e. The lowest BCUT2D eigenvalue weighted by Gasteiger charge is -2.23. The first kappa shape index (κ1) is 11.9. The third kappa shape index (κ3) is 2.56. The van der Waals surface area contributed by atoms with Gasteiger partial charge in [0.15, 0.2) is 6.29 Å². The zero-order chi connectivity index (χ0) is 11.5. The van der Waals surface area contributed by atoms with Crippen LogP contribution in [0.5, 0.6) is 0 Å². The molecule has 1 aliphatic rings. The molecule has 1 saturated heterocycles. The Hall–Kier alpha value is -0.580. The molecule has 0 aliphatic carbocycles. The van der Waals surface area contributed by atoms with Crippen LogP contribution in [-0.2, 0) is 16.0 Å². The zero-order valence-corrected chi connectivity index (χ0v) is 10.5. The minimum absolute atomic E-state index is 0.0866. The van der Waals surface area contributed by atoms with Crippen molar-refractivity contribution in [2.24, 2.45) is 0 Å². The second kappa shape index (κ2) is 5.17. The van der Waals surface area contributed by atoms with Crippen LogP contribution in [0.3, 0.4) is 0 Å². The molecule has 4 nitrogen and oxygen atoms in total. The molecule has 2 heterocycles. The molecule has 0 N–H and O–H groups in total. The van der Waals surface area contributed by atoms with Crippen molar-refractivity contribution in [2.75, 3.05) is 13.2 Å². The molecule has 0 radical (unpaired) electrons. The van der Waals surface area contributed by atoms with Gasteiger partial charge in [0.25, 0.3) is 0 Å². The van der Waals surface area contributed by atoms with Gasteiger partial charge >= 0.3 is 0 Å². The Morgan fingerprint density at radius 3 is 2.62 bits per heavy atom. The summed E-state index contributed by atoms with van der Waals surface area (Å²) < 4.78 is 12.9. The normalized spacial score (nSPS) is 17.9. The maximum absolute atomic E-state index is 6.07. The lowest BCUT2D eigenvalue weighted by atomic mass is 10.3. The van der Waals surface area contributed by atoms with Crippen molar-refractivity contribution in [3.05, 3.63) is 16.4 Å². The third-order valence-corrected chi connectivity index (χ3v) is 3.31. The Balaban J connectivity index is 1.91. The molecule has 0 unspecified atom stereocenters. The average molecular weight is 245 g/mol. The van der Waals surface area contributed by atoms with Crippen LogP contribution in [0.2, 0.25) is 5.02 Å². The number of aryl methyl sites for hydroxylation is 2. The average Bonchev–Trinajstić information content (AvgIpc) is 2.56. The highest BCUT2D eigenvalue weighted by Gasteiger charge is 2.15. The first-order valence-corrected chi connectivity index (χ1v) is 5.99. The van der Waals surface area contributed by atoms with Crippen molar-refractivity contribution < 1.29 is 9.47 Å². The van der Waals surface area contributed by atoms with E-state index in [1.807, 2.05) is 18.5 Å². The summed E-state index contributed by atoms with van der Waals surface area (Å²) in [5, 5.41) is 5.12. The van der Waals surface area contributed by atoms with Gasteiger partial charge in [0.2, 0.25) is 0 Å². The molecule has 2 rings (SSSR count). The van der Waals surface area contributed by atoms with Crippen LogP contribution < -0.4 is 0 Å². The van der Waals surface area contributed by atoms with E-state index in [4.69, 9.17) is 21.1 Å². The Kier molecular flexibility index (Phi) is 3.84. The summed E-state index contributed by atoms with van der Waals surface area (Å²) in [6, 6.07) is 0. The number of nitrogens with zero attached hydrogens (tertiary/aromatic N) is 2. The van der Waals surface area contributed by atoms with Crippen molar-refractivity contribution in [3.8, 4) is 0 Å². The van der Waals surface area contributed by atoms with Crippen LogP contribution in [0.25, 0.3) is 0 Å². The third-order valence-electron chi connectivity index (χ3n) is 2.77. The van der Waals surface area contributed by atoms with Gasteiger partial charge in [0.05, 0.1) is 29.6 Å². The molecular formula is C11H17ClN2O2. The Morgan fingerprint density at radius 1 is 1.38 bits per heavy atom. The van der Waals surface area contributed by atoms with Crippen molar-refractivity contribution >= 4 is 11.6 Å². The fourth-order valence-electron chi connectivity index (χ4n) is 1.82. The highest BCUT2D eigenvalue weighted by molar-refractivity contribution is 6.31. The molecule has 0 aromatic carbocycles. The molecule has 1 aromatic rings. The summed E-state index contributed by atoms with van der Waals surface area (Å²) in [6.07, 6.45) is 1.72. The zero-order valence-electron chi connectivity index (χ0n) is 9.70. The van der Waals surface area contributed by atoms with Gasteiger partial charge in [-0.2, -0.15) is 5.10 Å². The van der Waals surface area contributed by atoms with Crippen molar-refractivity contribution in [3.63, 3.8) is 0 Å². The van der Waals surface area contributed by atoms with E-state index in [9.17, 15) is 0 Å². The van der Waals surface area contributed by atoms with Crippen LogP contribution in [-0.4, -0.2) is 29.3 Å². The lowest BCUT2D eigenvalue weighted by Crippen LogP contribution is -2.26. The van der Waals surface area contributed by atoms with Crippen LogP contribution in [0, 0.1) is 13.8 Å². The summed E-state index contributed by atoms with van der Waals surface area (Å²) in [5.74, 6) is 0. The number of rotatable bonds is 3. The summed E-state index contributed by atoms with van der Waals surface area (Å²) in [5.41, 5.74) is 1.89. The number of hydrogen-bond acceptors (Lipinski definition) is 3. The van der Waals surface area contributed by atoms with E-state index >= 15 is 0 Å². The minimum atomic E-state index is -0.0866. The standard InChI is InChI=1S/C11H17ClN2O2/c1-8-11(12)9(2)14(13-8)5-4-10-15-6-3-7-16-10/h10H,3-7H2,1-2H3. The van der Waals surface area contributed by atoms with Crippen LogP contribution in [0.4, 0.5) is 0 Å². The van der Waals surface area contributed by atoms with E-state index in [1.54, 1.807) is 0 Å². The second-order valence-corrected chi connectivity index (χ2v) is 4.40. The van der Waals surface area contributed by atoms with E-state index in [-0.39, 0.29) is 6.29 Å². The predicted molar refractivity (Wildman–Crippen MR) is 61.6 cm³/mol. The number of halogens is 1. The van der Waals surface area contributed by atoms with Crippen LogP contribution in [0.1, 0.15) is 24.2 Å². The van der Waals surface area contributed by atoms with Gasteiger partial charge in [-0.05, 0) is 20.3 Å². The van der Waals surface area contributed by atoms with E-state index in [1.165, 1.54) is 0 Å². The molecule has 5 heteroatoms. The van der Waals surface area contributed by atoms with Crippen molar-refractivity contribution in [1.29, 1.82) is 0 Å². The van der Waals surface area contributed by atoms with Gasteiger partial charge in [-0.3, -0.25) is 4.68 Å². The summed E-state index contributed by atoms with van der Waals surface area (Å²) in [7, 11) is 0. The van der Waals surface area contributed by atoms with Gasteiger partial charge in [0, 0.05) is 13.0 Å². The monoisotopic (exact) mass is 244 g/mol. The molecule has 0 bridgehead atoms. The van der Waals surface area contributed by atoms with Gasteiger partial charge < -0.3 is 9.47 Å². The predicted octanol–water partition coefficient (Wildman–Crippen LogP) is 2.31. The summed E-state index contributed by atoms with van der Waals surface area (Å²) in [4.78, 5) is 0. The van der Waals surface area contributed by atoms with E-state index in [2.05, 4.69) is 5.10 Å². The second-order valence-electron chi connectivity index (χ2n) is 4.02. The van der Waals surface area contributed by atoms with Gasteiger partial charge in [-0.15, -0.1) is 0 Å². The Labute approximate surface area is 100 Å². The number of aromatic nitrogens is 2. The maximum Gasteiger partial charge on any atom is 0.159 e. The summed E-state index contributed by atoms with van der Waals surface area (Å²) >= 11 is 6.07. The molecule has 0 amide bonds. The van der Waals surface area contributed by atoms with E-state index < -0.39 is 0 Å². The Morgan fingerprint density at radius 2 is 2.06 bits per heavy atom. The molecular weight excluding hydrogens is 228 g/mol. The van der Waals surface area contributed by atoms with Crippen LogP contribution >= 0.6 is 11.6 Å². The van der Waals surface area contributed by atoms with E-state index in [0.717, 1.165) is 49.0 Å². The van der Waals surface area contributed by atoms with Crippen molar-refractivity contribution in [2.45, 2.75) is 39.5 Å². The number of ether oxygens (including phenoxy) is 2. The molecule has 1 aliphatic heterocycles. The molecule has 0 saturated carbocycles. The fourth-order valence-corrected chi connectivity index (χ4v) is 1.96. The highest BCUT2D eigenvalue weighted by atomic mass is 35.5. The van der Waals surface area contributed by atoms with Crippen LogP contribution in [0.15, 0.2) is 0 Å². The maximum atomic E-state index is 6.07. The Bertz CT molecular complexity index is 359. The summed E-state index contributed by atoms with van der Waals surface area (Å²) in [6.45, 7) is 6.26. The highest BCUT2D eigenvalue weighted by Crippen LogP contribution is 2.19. The number of hydrogen-bond donors (Lipinski definition) is 0. The lowest BCUT2D eigenvalue weighted by molar-refractivity contribution is -0.182. The quantitative estimate of drug-likeness (QED) is 0.819. The van der Waals surface area contributed by atoms with E-state index in [0.29, 0.717) is 0 Å². The minimum Gasteiger partial charge on any atom is -0.353 e.